The Kier molecular flexibility index (Phi) is 8.70. The van der Waals surface area contributed by atoms with E-state index in [0.29, 0.717) is 36.6 Å². The normalized spacial score (nSPS) is 17.8. The Hall–Kier alpha value is -4.02. The van der Waals surface area contributed by atoms with Crippen molar-refractivity contribution in [2.24, 2.45) is 5.73 Å². The van der Waals surface area contributed by atoms with Gasteiger partial charge in [0, 0.05) is 42.3 Å². The summed E-state index contributed by atoms with van der Waals surface area (Å²) in [5.41, 5.74) is 5.96. The third kappa shape index (κ3) is 9.13. The second-order valence-electron chi connectivity index (χ2n) is 11.3. The Morgan fingerprint density at radius 3 is 1.97 bits per heavy atom. The molecule has 0 unspecified atom stereocenters. The fourth-order valence-electron chi connectivity index (χ4n) is 4.03. The lowest BCUT2D eigenvalue weighted by molar-refractivity contribution is 0.0475. The molecule has 1 saturated heterocycles. The van der Waals surface area contributed by atoms with E-state index < -0.39 is 29.3 Å². The lowest BCUT2D eigenvalue weighted by Gasteiger charge is -2.39. The molecule has 2 heterocycles. The quantitative estimate of drug-likeness (QED) is 0.443. The first kappa shape index (κ1) is 28.5. The van der Waals surface area contributed by atoms with Crippen LogP contribution in [-0.2, 0) is 9.47 Å². The van der Waals surface area contributed by atoms with Crippen molar-refractivity contribution in [1.82, 2.24) is 15.6 Å². The number of pyridine rings is 1. The summed E-state index contributed by atoms with van der Waals surface area (Å²) in [5.74, 6) is 0.136. The van der Waals surface area contributed by atoms with E-state index >= 15 is 0 Å². The molecule has 0 bridgehead atoms. The Bertz CT molecular complexity index is 1120. The second-order valence-corrected chi connectivity index (χ2v) is 11.3. The highest BCUT2D eigenvalue weighted by Crippen LogP contribution is 2.24. The number of carbonyl (C=O) groups excluding carboxylic acids is 3. The highest BCUT2D eigenvalue weighted by Gasteiger charge is 2.32. The first-order valence-corrected chi connectivity index (χ1v) is 12.5. The average molecular weight is 527 g/mol. The van der Waals surface area contributed by atoms with Crippen LogP contribution in [0.4, 0.5) is 26.8 Å². The van der Waals surface area contributed by atoms with Gasteiger partial charge in [0.05, 0.1) is 12.1 Å². The number of nitrogens with zero attached hydrogens (tertiary/aromatic N) is 2. The summed E-state index contributed by atoms with van der Waals surface area (Å²) in [6, 6.07) is 9.92. The first-order valence-electron chi connectivity index (χ1n) is 12.5. The highest BCUT2D eigenvalue weighted by molar-refractivity contribution is 5.93. The molecule has 2 aromatic rings. The number of ether oxygens (including phenoxy) is 2. The molecule has 1 fully saturated rings. The van der Waals surface area contributed by atoms with Crippen LogP contribution in [0, 0.1) is 0 Å². The van der Waals surface area contributed by atoms with Crippen LogP contribution in [0.15, 0.2) is 42.6 Å². The van der Waals surface area contributed by atoms with Crippen LogP contribution in [-0.4, -0.2) is 59.5 Å². The lowest BCUT2D eigenvalue weighted by Crippen LogP contribution is -2.58. The number of hydrogen-bond acceptors (Lipinski definition) is 8. The summed E-state index contributed by atoms with van der Waals surface area (Å²) in [5, 5.41) is 9.09. The van der Waals surface area contributed by atoms with Crippen molar-refractivity contribution in [3.8, 4) is 0 Å². The van der Waals surface area contributed by atoms with Crippen molar-refractivity contribution in [3.05, 3.63) is 48.2 Å². The van der Waals surface area contributed by atoms with Gasteiger partial charge >= 0.3 is 12.2 Å². The minimum Gasteiger partial charge on any atom is -0.444 e. The number of aromatic nitrogens is 1. The molecule has 0 radical (unpaired) electrons. The Morgan fingerprint density at radius 1 is 0.895 bits per heavy atom. The minimum atomic E-state index is -0.639. The van der Waals surface area contributed by atoms with Gasteiger partial charge in [-0.05, 0) is 72.2 Å². The average Bonchev–Trinajstić information content (AvgIpc) is 2.76. The van der Waals surface area contributed by atoms with Crippen molar-refractivity contribution >= 4 is 35.3 Å². The van der Waals surface area contributed by atoms with Gasteiger partial charge in [-0.15, -0.1) is 0 Å². The van der Waals surface area contributed by atoms with Crippen molar-refractivity contribution in [1.29, 1.82) is 0 Å². The van der Waals surface area contributed by atoms with Gasteiger partial charge in [-0.1, -0.05) is 6.07 Å². The summed E-state index contributed by atoms with van der Waals surface area (Å²) in [6.07, 6.45) is 1.10. The lowest BCUT2D eigenvalue weighted by atomic mass is 10.0. The standard InChI is InChI=1S/C27H38N6O5/c1-26(2,3)37-24(35)31-20-13-21(32-25(36)38-27(4,5)6)16-33(15-20)22-14-19(10-11-29-22)30-18-9-7-8-17(12-18)23(28)34/h7-12,14,20-21H,13,15-16H2,1-6H3,(H2,28,34)(H,29,30)(H,31,35)(H,32,36)/t20-,21+. The van der Waals surface area contributed by atoms with Gasteiger partial charge in [0.15, 0.2) is 0 Å². The van der Waals surface area contributed by atoms with Gasteiger partial charge in [-0.3, -0.25) is 4.79 Å². The van der Waals surface area contributed by atoms with Gasteiger partial charge < -0.3 is 36.1 Å². The monoisotopic (exact) mass is 526 g/mol. The molecular weight excluding hydrogens is 488 g/mol. The van der Waals surface area contributed by atoms with Gasteiger partial charge in [0.25, 0.3) is 0 Å². The van der Waals surface area contributed by atoms with Gasteiger partial charge in [0.2, 0.25) is 5.91 Å². The van der Waals surface area contributed by atoms with E-state index in [0.717, 1.165) is 5.69 Å². The van der Waals surface area contributed by atoms with E-state index in [-0.39, 0.29) is 12.1 Å². The van der Waals surface area contributed by atoms with E-state index in [4.69, 9.17) is 15.2 Å². The maximum absolute atomic E-state index is 12.5. The number of hydrogen-bond donors (Lipinski definition) is 4. The second kappa shape index (κ2) is 11.6. The van der Waals surface area contributed by atoms with Crippen molar-refractivity contribution in [2.45, 2.75) is 71.2 Å². The molecule has 0 spiro atoms. The van der Waals surface area contributed by atoms with E-state index in [2.05, 4.69) is 20.9 Å². The number of alkyl carbamates (subject to hydrolysis) is 2. The molecule has 1 aliphatic heterocycles. The van der Waals surface area contributed by atoms with Crippen LogP contribution >= 0.6 is 0 Å². The highest BCUT2D eigenvalue weighted by atomic mass is 16.6. The summed E-state index contributed by atoms with van der Waals surface area (Å²) in [4.78, 5) is 43.0. The Balaban J connectivity index is 1.79. The molecule has 0 saturated carbocycles. The van der Waals surface area contributed by atoms with Crippen molar-refractivity contribution in [3.63, 3.8) is 0 Å². The van der Waals surface area contributed by atoms with E-state index in [9.17, 15) is 14.4 Å². The van der Waals surface area contributed by atoms with Crippen LogP contribution in [0.3, 0.4) is 0 Å². The first-order chi connectivity index (χ1) is 17.7. The molecule has 11 heteroatoms. The zero-order chi connectivity index (χ0) is 28.1. The van der Waals surface area contributed by atoms with Gasteiger partial charge in [0.1, 0.15) is 17.0 Å². The van der Waals surface area contributed by atoms with E-state index in [1.807, 2.05) is 17.0 Å². The number of primary amides is 1. The fourth-order valence-corrected chi connectivity index (χ4v) is 4.03. The number of amides is 3. The molecule has 1 aromatic carbocycles. The van der Waals surface area contributed by atoms with Crippen LogP contribution in [0.2, 0.25) is 0 Å². The zero-order valence-corrected chi connectivity index (χ0v) is 22.8. The van der Waals surface area contributed by atoms with Crippen LogP contribution in [0.1, 0.15) is 58.3 Å². The Morgan fingerprint density at radius 2 is 1.45 bits per heavy atom. The van der Waals surface area contributed by atoms with E-state index in [1.165, 1.54) is 0 Å². The number of carbonyl (C=O) groups is 3. The number of anilines is 3. The third-order valence-corrected chi connectivity index (χ3v) is 5.40. The summed E-state index contributed by atoms with van der Waals surface area (Å²) < 4.78 is 10.9. The predicted octanol–water partition coefficient (Wildman–Crippen LogP) is 3.92. The van der Waals surface area contributed by atoms with Crippen molar-refractivity contribution < 1.29 is 23.9 Å². The molecule has 11 nitrogen and oxygen atoms in total. The minimum absolute atomic E-state index is 0.316. The van der Waals surface area contributed by atoms with Crippen LogP contribution in [0.25, 0.3) is 0 Å². The third-order valence-electron chi connectivity index (χ3n) is 5.40. The van der Waals surface area contributed by atoms with Gasteiger partial charge in [-0.25, -0.2) is 14.6 Å². The molecule has 2 atom stereocenters. The molecule has 0 aliphatic carbocycles. The van der Waals surface area contributed by atoms with Crippen LogP contribution in [0.5, 0.6) is 0 Å². The number of piperidine rings is 1. The molecule has 3 rings (SSSR count). The number of benzene rings is 1. The molecule has 1 aromatic heterocycles. The Labute approximate surface area is 223 Å². The topological polar surface area (TPSA) is 148 Å². The largest absolute Gasteiger partial charge is 0.444 e. The number of nitrogens with one attached hydrogen (secondary N) is 3. The van der Waals surface area contributed by atoms with E-state index in [1.54, 1.807) is 72.0 Å². The molecular formula is C27H38N6O5. The summed E-state index contributed by atoms with van der Waals surface area (Å²) in [6.45, 7) is 11.7. The summed E-state index contributed by atoms with van der Waals surface area (Å²) >= 11 is 0. The maximum Gasteiger partial charge on any atom is 0.407 e. The predicted molar refractivity (Wildman–Crippen MR) is 146 cm³/mol. The fraction of sp³-hybridized carbons (Fsp3) is 0.481. The molecule has 38 heavy (non-hydrogen) atoms. The number of rotatable bonds is 6. The summed E-state index contributed by atoms with van der Waals surface area (Å²) in [7, 11) is 0. The smallest absolute Gasteiger partial charge is 0.407 e. The SMILES string of the molecule is CC(C)(C)OC(=O)N[C@@H]1C[C@H](NC(=O)OC(C)(C)C)CN(c2cc(Nc3cccc(C(N)=O)c3)ccn2)C1. The zero-order valence-electron chi connectivity index (χ0n) is 22.8. The molecule has 206 valence electrons. The molecule has 1 aliphatic rings. The number of nitrogens with two attached hydrogens (primary N) is 1. The molecule has 5 N–H and O–H groups in total. The molecule has 3 amide bonds. The van der Waals surface area contributed by atoms with Gasteiger partial charge in [-0.2, -0.15) is 0 Å². The van der Waals surface area contributed by atoms with Crippen LogP contribution < -0.4 is 26.6 Å². The maximum atomic E-state index is 12.5. The van der Waals surface area contributed by atoms with Crippen molar-refractivity contribution in [2.75, 3.05) is 23.3 Å².